The maximum atomic E-state index is 4.45. The maximum Gasteiger partial charge on any atom is 0.104 e. The predicted octanol–water partition coefficient (Wildman–Crippen LogP) is 3.20. The van der Waals surface area contributed by atoms with Gasteiger partial charge in [-0.05, 0) is 30.1 Å². The number of hydrogen-bond donors (Lipinski definition) is 0. The summed E-state index contributed by atoms with van der Waals surface area (Å²) < 4.78 is 5.64. The van der Waals surface area contributed by atoms with Gasteiger partial charge in [-0.2, -0.15) is 4.37 Å². The highest BCUT2D eigenvalue weighted by Gasteiger charge is 2.11. The van der Waals surface area contributed by atoms with Crippen molar-refractivity contribution >= 4 is 21.7 Å². The molecule has 3 heteroatoms. The highest BCUT2D eigenvalue weighted by molar-refractivity contribution is 7.13. The van der Waals surface area contributed by atoms with Crippen LogP contribution in [0.2, 0.25) is 0 Å². The van der Waals surface area contributed by atoms with Gasteiger partial charge in [0, 0.05) is 12.1 Å². The van der Waals surface area contributed by atoms with Gasteiger partial charge in [-0.3, -0.25) is 4.98 Å². The second-order valence-corrected chi connectivity index (χ2v) is 4.03. The number of pyridine rings is 1. The molecule has 2 heterocycles. The Hall–Kier alpha value is -0.960. The summed E-state index contributed by atoms with van der Waals surface area (Å²) in [7, 11) is 0. The number of hydrogen-bond acceptors (Lipinski definition) is 3. The normalized spacial score (nSPS) is 13.4. The minimum absolute atomic E-state index is 0.517. The quantitative estimate of drug-likeness (QED) is 0.730. The van der Waals surface area contributed by atoms with Crippen LogP contribution in [-0.2, 0) is 0 Å². The monoisotopic (exact) mass is 192 g/mol. The highest BCUT2D eigenvalue weighted by Crippen LogP contribution is 2.27. The fourth-order valence-corrected chi connectivity index (χ4v) is 2.16. The minimum Gasteiger partial charge on any atom is -0.253 e. The molecule has 2 rings (SSSR count). The van der Waals surface area contributed by atoms with Crippen LogP contribution in [0.25, 0.3) is 10.2 Å². The number of fused-ring (bicyclic) bond motifs is 1. The summed E-state index contributed by atoms with van der Waals surface area (Å²) in [6.07, 6.45) is 2.96. The summed E-state index contributed by atoms with van der Waals surface area (Å²) in [5, 5.41) is 0. The van der Waals surface area contributed by atoms with E-state index in [-0.39, 0.29) is 0 Å². The lowest BCUT2D eigenvalue weighted by Crippen LogP contribution is -1.92. The molecule has 0 aliphatic carbocycles. The molecule has 0 aliphatic heterocycles. The smallest absolute Gasteiger partial charge is 0.104 e. The first-order chi connectivity index (χ1) is 6.33. The van der Waals surface area contributed by atoms with E-state index in [4.69, 9.17) is 0 Å². The second kappa shape index (κ2) is 3.42. The first-order valence-electron chi connectivity index (χ1n) is 4.53. The van der Waals surface area contributed by atoms with E-state index < -0.39 is 0 Å². The largest absolute Gasteiger partial charge is 0.253 e. The van der Waals surface area contributed by atoms with Crippen LogP contribution in [0.5, 0.6) is 0 Å². The average Bonchev–Trinajstić information content (AvgIpc) is 2.60. The van der Waals surface area contributed by atoms with E-state index in [0.717, 1.165) is 17.6 Å². The van der Waals surface area contributed by atoms with Crippen LogP contribution in [0.4, 0.5) is 0 Å². The Bertz CT molecular complexity index is 408. The van der Waals surface area contributed by atoms with Crippen LogP contribution >= 0.6 is 11.5 Å². The van der Waals surface area contributed by atoms with Gasteiger partial charge in [0.1, 0.15) is 5.52 Å². The van der Waals surface area contributed by atoms with Crippen molar-refractivity contribution < 1.29 is 0 Å². The Kier molecular flexibility index (Phi) is 2.27. The molecule has 0 fully saturated rings. The summed E-state index contributed by atoms with van der Waals surface area (Å²) in [6, 6.07) is 4.03. The Balaban J connectivity index is 2.57. The highest BCUT2D eigenvalue weighted by atomic mass is 32.1. The third-order valence-corrected chi connectivity index (χ3v) is 3.15. The van der Waals surface area contributed by atoms with Gasteiger partial charge in [0.05, 0.1) is 10.4 Å². The molecule has 0 spiro atoms. The molecule has 68 valence electrons. The molecule has 0 amide bonds. The van der Waals surface area contributed by atoms with Crippen molar-refractivity contribution in [3.63, 3.8) is 0 Å². The van der Waals surface area contributed by atoms with E-state index in [2.05, 4.69) is 29.3 Å². The predicted molar refractivity (Wildman–Crippen MR) is 56.1 cm³/mol. The SMILES string of the molecule is CCC(C)c1nsc2cccnc12. The van der Waals surface area contributed by atoms with Crippen LogP contribution in [0, 0.1) is 0 Å². The van der Waals surface area contributed by atoms with E-state index in [9.17, 15) is 0 Å². The van der Waals surface area contributed by atoms with Crippen LogP contribution in [0.15, 0.2) is 18.3 Å². The van der Waals surface area contributed by atoms with Gasteiger partial charge in [0.2, 0.25) is 0 Å². The molecule has 0 N–H and O–H groups in total. The van der Waals surface area contributed by atoms with Crippen molar-refractivity contribution in [1.29, 1.82) is 0 Å². The zero-order chi connectivity index (χ0) is 9.26. The van der Waals surface area contributed by atoms with Gasteiger partial charge in [0.15, 0.2) is 0 Å². The van der Waals surface area contributed by atoms with Gasteiger partial charge in [-0.25, -0.2) is 0 Å². The molecule has 0 bridgehead atoms. The lowest BCUT2D eigenvalue weighted by molar-refractivity contribution is 0.722. The molecule has 0 radical (unpaired) electrons. The van der Waals surface area contributed by atoms with Crippen molar-refractivity contribution in [1.82, 2.24) is 9.36 Å². The van der Waals surface area contributed by atoms with E-state index in [1.54, 1.807) is 11.5 Å². The summed E-state index contributed by atoms with van der Waals surface area (Å²) in [4.78, 5) is 4.36. The van der Waals surface area contributed by atoms with Crippen molar-refractivity contribution in [3.05, 3.63) is 24.0 Å². The molecular weight excluding hydrogens is 180 g/mol. The van der Waals surface area contributed by atoms with Crippen molar-refractivity contribution in [3.8, 4) is 0 Å². The maximum absolute atomic E-state index is 4.45. The first kappa shape index (κ1) is 8.63. The van der Waals surface area contributed by atoms with Gasteiger partial charge in [-0.1, -0.05) is 13.8 Å². The Morgan fingerprint density at radius 1 is 1.54 bits per heavy atom. The molecular formula is C10H12N2S. The van der Waals surface area contributed by atoms with Gasteiger partial charge >= 0.3 is 0 Å². The minimum atomic E-state index is 0.517. The molecule has 2 nitrogen and oxygen atoms in total. The molecule has 2 aromatic rings. The van der Waals surface area contributed by atoms with E-state index in [1.165, 1.54) is 4.70 Å². The van der Waals surface area contributed by atoms with Crippen LogP contribution < -0.4 is 0 Å². The summed E-state index contributed by atoms with van der Waals surface area (Å²) in [6.45, 7) is 4.38. The number of rotatable bonds is 2. The third kappa shape index (κ3) is 1.44. The molecule has 0 aliphatic rings. The Labute approximate surface area is 81.8 Å². The van der Waals surface area contributed by atoms with Gasteiger partial charge in [0.25, 0.3) is 0 Å². The first-order valence-corrected chi connectivity index (χ1v) is 5.30. The molecule has 13 heavy (non-hydrogen) atoms. The summed E-state index contributed by atoms with van der Waals surface area (Å²) >= 11 is 1.55. The molecule has 1 atom stereocenters. The number of nitrogens with zero attached hydrogens (tertiary/aromatic N) is 2. The molecule has 1 unspecified atom stereocenters. The van der Waals surface area contributed by atoms with Crippen LogP contribution in [-0.4, -0.2) is 9.36 Å². The van der Waals surface area contributed by atoms with Crippen molar-refractivity contribution in [2.24, 2.45) is 0 Å². The Morgan fingerprint density at radius 3 is 3.15 bits per heavy atom. The van der Waals surface area contributed by atoms with Crippen molar-refractivity contribution in [2.75, 3.05) is 0 Å². The average molecular weight is 192 g/mol. The van der Waals surface area contributed by atoms with Crippen LogP contribution in [0.3, 0.4) is 0 Å². The summed E-state index contributed by atoms with van der Waals surface area (Å²) in [5.41, 5.74) is 2.24. The summed E-state index contributed by atoms with van der Waals surface area (Å²) in [5.74, 6) is 0.517. The van der Waals surface area contributed by atoms with E-state index >= 15 is 0 Å². The van der Waals surface area contributed by atoms with Gasteiger partial charge < -0.3 is 0 Å². The molecule has 2 aromatic heterocycles. The molecule has 0 saturated heterocycles. The topological polar surface area (TPSA) is 25.8 Å². The second-order valence-electron chi connectivity index (χ2n) is 3.23. The zero-order valence-corrected chi connectivity index (χ0v) is 8.64. The number of aromatic nitrogens is 2. The fraction of sp³-hybridized carbons (Fsp3) is 0.400. The third-order valence-electron chi connectivity index (χ3n) is 2.33. The van der Waals surface area contributed by atoms with Crippen LogP contribution in [0.1, 0.15) is 31.9 Å². The molecule has 0 saturated carbocycles. The zero-order valence-electron chi connectivity index (χ0n) is 7.82. The fourth-order valence-electron chi connectivity index (χ4n) is 1.31. The van der Waals surface area contributed by atoms with E-state index in [1.807, 2.05) is 12.3 Å². The standard InChI is InChI=1S/C10H12N2S/c1-3-7(2)9-10-8(13-12-9)5-4-6-11-10/h4-7H,3H2,1-2H3. The Morgan fingerprint density at radius 2 is 2.38 bits per heavy atom. The van der Waals surface area contributed by atoms with Gasteiger partial charge in [-0.15, -0.1) is 0 Å². The van der Waals surface area contributed by atoms with E-state index in [0.29, 0.717) is 5.92 Å². The lowest BCUT2D eigenvalue weighted by Gasteiger charge is -2.03. The molecule has 0 aromatic carbocycles. The lowest BCUT2D eigenvalue weighted by atomic mass is 10.0. The van der Waals surface area contributed by atoms with Crippen molar-refractivity contribution in [2.45, 2.75) is 26.2 Å².